The number of hydrogen-bond acceptors (Lipinski definition) is 3. The second kappa shape index (κ2) is 6.48. The third-order valence-corrected chi connectivity index (χ3v) is 5.91. The van der Waals surface area contributed by atoms with Gasteiger partial charge in [0.25, 0.3) is 0 Å². The van der Waals surface area contributed by atoms with Crippen LogP contribution in [0.2, 0.25) is 0 Å². The topological polar surface area (TPSA) is 29.5 Å². The van der Waals surface area contributed by atoms with Crippen LogP contribution in [-0.4, -0.2) is 36.1 Å². The number of nitrogens with zero attached hydrogens (tertiary/aromatic N) is 1. The molecule has 3 rings (SSSR count). The van der Waals surface area contributed by atoms with E-state index in [0.29, 0.717) is 12.1 Å². The Morgan fingerprint density at radius 2 is 1.95 bits per heavy atom. The van der Waals surface area contributed by atoms with E-state index in [-0.39, 0.29) is 23.9 Å². The van der Waals surface area contributed by atoms with E-state index in [4.69, 9.17) is 4.74 Å². The number of piperidine rings is 1. The summed E-state index contributed by atoms with van der Waals surface area (Å²) in [7, 11) is 2.17. The first-order valence-electron chi connectivity index (χ1n) is 8.15. The maximum atomic E-state index is 12.7. The maximum Gasteiger partial charge on any atom is 0.311 e. The van der Waals surface area contributed by atoms with Crippen molar-refractivity contribution < 1.29 is 9.53 Å². The number of halogens is 1. The minimum atomic E-state index is -0.0469. The van der Waals surface area contributed by atoms with Gasteiger partial charge < -0.3 is 4.74 Å². The van der Waals surface area contributed by atoms with Crippen LogP contribution in [-0.2, 0) is 9.53 Å². The summed E-state index contributed by atoms with van der Waals surface area (Å²) >= 11 is 2.33. The number of fused-ring (bicyclic) bond motifs is 2. The zero-order valence-corrected chi connectivity index (χ0v) is 15.6. The van der Waals surface area contributed by atoms with Gasteiger partial charge in [0.2, 0.25) is 0 Å². The second-order valence-electron chi connectivity index (χ2n) is 6.87. The van der Waals surface area contributed by atoms with Crippen molar-refractivity contribution in [3.63, 3.8) is 0 Å². The Morgan fingerprint density at radius 3 is 2.59 bits per heavy atom. The van der Waals surface area contributed by atoms with Crippen molar-refractivity contribution in [3.8, 4) is 0 Å². The minimum absolute atomic E-state index is 0.0178. The predicted octanol–water partition coefficient (Wildman–Crippen LogP) is 3.81. The molecular formula is C18H24INO2. The molecule has 1 aromatic carbocycles. The van der Waals surface area contributed by atoms with E-state index in [9.17, 15) is 4.79 Å². The zero-order chi connectivity index (χ0) is 15.9. The molecule has 2 saturated heterocycles. The van der Waals surface area contributed by atoms with E-state index in [1.807, 2.05) is 13.8 Å². The molecule has 2 bridgehead atoms. The van der Waals surface area contributed by atoms with Crippen LogP contribution >= 0.6 is 22.6 Å². The van der Waals surface area contributed by atoms with Crippen LogP contribution in [0, 0.1) is 9.49 Å². The fourth-order valence-corrected chi connectivity index (χ4v) is 4.51. The van der Waals surface area contributed by atoms with Gasteiger partial charge >= 0.3 is 5.97 Å². The average molecular weight is 413 g/mol. The molecule has 2 heterocycles. The summed E-state index contributed by atoms with van der Waals surface area (Å²) in [5, 5.41) is 0. The number of benzene rings is 1. The van der Waals surface area contributed by atoms with Crippen LogP contribution in [0.25, 0.3) is 0 Å². The highest BCUT2D eigenvalue weighted by molar-refractivity contribution is 14.1. The van der Waals surface area contributed by atoms with Crippen molar-refractivity contribution in [2.24, 2.45) is 5.92 Å². The van der Waals surface area contributed by atoms with E-state index in [0.717, 1.165) is 12.8 Å². The molecule has 0 N–H and O–H groups in total. The van der Waals surface area contributed by atoms with Crippen LogP contribution < -0.4 is 0 Å². The summed E-state index contributed by atoms with van der Waals surface area (Å²) in [6, 6.07) is 9.59. The molecule has 2 aliphatic heterocycles. The lowest BCUT2D eigenvalue weighted by Crippen LogP contribution is -2.49. The standard InChI is InChI=1S/C18H24INO2/c1-11(2)22-18(21)17-15(12-4-6-13(19)7-5-12)10-14-8-9-16(17)20(14)3/h4-7,11,14-17H,8-10H2,1-3H3/t14-,15?,16+,17?/m1/s1. The first-order chi connectivity index (χ1) is 10.5. The summed E-state index contributed by atoms with van der Waals surface area (Å²) in [6.07, 6.45) is 3.33. The number of ether oxygens (including phenoxy) is 1. The highest BCUT2D eigenvalue weighted by atomic mass is 127. The van der Waals surface area contributed by atoms with Crippen molar-refractivity contribution in [2.45, 2.75) is 57.2 Å². The van der Waals surface area contributed by atoms with Gasteiger partial charge in [-0.3, -0.25) is 9.69 Å². The van der Waals surface area contributed by atoms with Crippen molar-refractivity contribution >= 4 is 28.6 Å². The SMILES string of the molecule is CC(C)OC(=O)C1C(c2ccc(I)cc2)C[C@H]2CC[C@@H]1N2C. The first kappa shape index (κ1) is 16.2. The third-order valence-electron chi connectivity index (χ3n) is 5.19. The van der Waals surface area contributed by atoms with Gasteiger partial charge in [-0.2, -0.15) is 0 Å². The summed E-state index contributed by atoms with van der Waals surface area (Å²) in [5.41, 5.74) is 1.29. The first-order valence-corrected chi connectivity index (χ1v) is 9.23. The number of carbonyl (C=O) groups excluding carboxylic acids is 1. The smallest absolute Gasteiger partial charge is 0.311 e. The van der Waals surface area contributed by atoms with Gasteiger partial charge in [0.05, 0.1) is 12.0 Å². The molecule has 0 amide bonds. The molecule has 0 aliphatic carbocycles. The van der Waals surface area contributed by atoms with Crippen molar-refractivity contribution in [1.29, 1.82) is 0 Å². The molecule has 4 heteroatoms. The summed E-state index contributed by atoms with van der Waals surface area (Å²) in [6.45, 7) is 3.86. The van der Waals surface area contributed by atoms with Gasteiger partial charge in [-0.1, -0.05) is 12.1 Å². The van der Waals surface area contributed by atoms with Gasteiger partial charge in [0, 0.05) is 21.6 Å². The van der Waals surface area contributed by atoms with Gasteiger partial charge in [-0.25, -0.2) is 0 Å². The summed E-state index contributed by atoms with van der Waals surface area (Å²) in [5.74, 6) is 0.235. The molecule has 0 saturated carbocycles. The average Bonchev–Trinajstić information content (AvgIpc) is 2.71. The molecule has 0 spiro atoms. The van der Waals surface area contributed by atoms with Crippen molar-refractivity contribution in [2.75, 3.05) is 7.05 Å². The highest BCUT2D eigenvalue weighted by Crippen LogP contribution is 2.46. The monoisotopic (exact) mass is 413 g/mol. The minimum Gasteiger partial charge on any atom is -0.463 e. The Morgan fingerprint density at radius 1 is 1.27 bits per heavy atom. The fourth-order valence-electron chi connectivity index (χ4n) is 4.15. The quantitative estimate of drug-likeness (QED) is 0.558. The molecule has 2 unspecified atom stereocenters. The van der Waals surface area contributed by atoms with Crippen LogP contribution in [0.5, 0.6) is 0 Å². The predicted molar refractivity (Wildman–Crippen MR) is 95.8 cm³/mol. The number of esters is 1. The Labute approximate surface area is 146 Å². The molecule has 0 radical (unpaired) electrons. The zero-order valence-electron chi connectivity index (χ0n) is 13.5. The number of carbonyl (C=O) groups is 1. The Balaban J connectivity index is 1.91. The number of rotatable bonds is 3. The maximum absolute atomic E-state index is 12.7. The van der Waals surface area contributed by atoms with Gasteiger partial charge in [0.15, 0.2) is 0 Å². The molecule has 3 nitrogen and oxygen atoms in total. The van der Waals surface area contributed by atoms with Crippen molar-refractivity contribution in [1.82, 2.24) is 4.90 Å². The lowest BCUT2D eigenvalue weighted by molar-refractivity contribution is -0.157. The molecule has 120 valence electrons. The molecule has 22 heavy (non-hydrogen) atoms. The third kappa shape index (κ3) is 3.04. The van der Waals surface area contributed by atoms with Gasteiger partial charge in [-0.05, 0) is 80.4 Å². The van der Waals surface area contributed by atoms with E-state index in [1.54, 1.807) is 0 Å². The van der Waals surface area contributed by atoms with Crippen LogP contribution in [0.3, 0.4) is 0 Å². The van der Waals surface area contributed by atoms with E-state index < -0.39 is 0 Å². The Hall–Kier alpha value is -0.620. The number of hydrogen-bond donors (Lipinski definition) is 0. The van der Waals surface area contributed by atoms with Crippen LogP contribution in [0.4, 0.5) is 0 Å². The Bertz CT molecular complexity index is 543. The van der Waals surface area contributed by atoms with E-state index >= 15 is 0 Å². The molecule has 4 atom stereocenters. The fraction of sp³-hybridized carbons (Fsp3) is 0.611. The molecule has 2 fully saturated rings. The molecule has 2 aliphatic rings. The second-order valence-corrected chi connectivity index (χ2v) is 8.11. The van der Waals surface area contributed by atoms with Gasteiger partial charge in [-0.15, -0.1) is 0 Å². The van der Waals surface area contributed by atoms with Crippen molar-refractivity contribution in [3.05, 3.63) is 33.4 Å². The van der Waals surface area contributed by atoms with E-state index in [1.165, 1.54) is 15.6 Å². The largest absolute Gasteiger partial charge is 0.463 e. The summed E-state index contributed by atoms with van der Waals surface area (Å²) < 4.78 is 6.83. The lowest BCUT2D eigenvalue weighted by Gasteiger charge is -2.42. The lowest BCUT2D eigenvalue weighted by atomic mass is 9.76. The highest BCUT2D eigenvalue weighted by Gasteiger charge is 2.49. The van der Waals surface area contributed by atoms with Gasteiger partial charge in [0.1, 0.15) is 0 Å². The van der Waals surface area contributed by atoms with Crippen LogP contribution in [0.15, 0.2) is 24.3 Å². The Kier molecular flexibility index (Phi) is 4.78. The van der Waals surface area contributed by atoms with Crippen LogP contribution in [0.1, 0.15) is 44.6 Å². The molecular weight excluding hydrogens is 389 g/mol. The molecule has 1 aromatic rings. The van der Waals surface area contributed by atoms with E-state index in [2.05, 4.69) is 58.8 Å². The molecule has 0 aromatic heterocycles. The summed E-state index contributed by atoms with van der Waals surface area (Å²) in [4.78, 5) is 15.2. The normalized spacial score (nSPS) is 31.5.